The minimum Gasteiger partial charge on any atom is -0.465 e. The van der Waals surface area contributed by atoms with Gasteiger partial charge < -0.3 is 15.8 Å². The Balaban J connectivity index is 2.41. The van der Waals surface area contributed by atoms with Gasteiger partial charge in [0.1, 0.15) is 0 Å². The highest BCUT2D eigenvalue weighted by Gasteiger charge is 2.09. The van der Waals surface area contributed by atoms with Gasteiger partial charge in [0.2, 0.25) is 0 Å². The topological polar surface area (TPSA) is 64.3 Å². The number of carbonyl (C=O) groups excluding carboxylic acids is 1. The zero-order valence-corrected chi connectivity index (χ0v) is 12.4. The number of hydrogen-bond acceptors (Lipinski definition) is 4. The summed E-state index contributed by atoms with van der Waals surface area (Å²) in [7, 11) is 0. The number of nitrogens with one attached hydrogen (secondary N) is 1. The number of esters is 1. The second-order valence-electron chi connectivity index (χ2n) is 4.11. The first-order valence-electron chi connectivity index (χ1n) is 6.15. The van der Waals surface area contributed by atoms with Gasteiger partial charge in [0.05, 0.1) is 23.2 Å². The number of nitrogen functional groups attached to an aromatic ring is 1. The van der Waals surface area contributed by atoms with Crippen molar-refractivity contribution in [2.75, 3.05) is 18.9 Å². The highest BCUT2D eigenvalue weighted by Crippen LogP contribution is 2.29. The van der Waals surface area contributed by atoms with Crippen molar-refractivity contribution in [3.05, 3.63) is 27.7 Å². The zero-order valence-electron chi connectivity index (χ0n) is 10.8. The fourth-order valence-electron chi connectivity index (χ4n) is 1.46. The Morgan fingerprint density at radius 1 is 1.42 bits per heavy atom. The van der Waals surface area contributed by atoms with Crippen LogP contribution in [0.15, 0.2) is 12.1 Å². The Bertz CT molecular complexity index is 439. The number of hydrogen-bond donors (Lipinski definition) is 2. The maximum atomic E-state index is 11.4. The summed E-state index contributed by atoms with van der Waals surface area (Å²) in [6.07, 6.45) is 1.87. The summed E-state index contributed by atoms with van der Waals surface area (Å²) in [6, 6.07) is 3.33. The van der Waals surface area contributed by atoms with Crippen molar-refractivity contribution in [1.29, 1.82) is 0 Å². The quantitative estimate of drug-likeness (QED) is 0.462. The lowest BCUT2D eigenvalue weighted by molar-refractivity contribution is -0.142. The third-order valence-electron chi connectivity index (χ3n) is 2.56. The molecule has 0 heterocycles. The molecule has 0 aliphatic heterocycles. The van der Waals surface area contributed by atoms with E-state index in [9.17, 15) is 4.79 Å². The second kappa shape index (κ2) is 8.25. The summed E-state index contributed by atoms with van der Waals surface area (Å²) in [5.41, 5.74) is 7.04. The third-order valence-corrected chi connectivity index (χ3v) is 3.41. The van der Waals surface area contributed by atoms with Crippen molar-refractivity contribution in [2.24, 2.45) is 0 Å². The van der Waals surface area contributed by atoms with Crippen LogP contribution in [0.2, 0.25) is 10.0 Å². The van der Waals surface area contributed by atoms with Crippen molar-refractivity contribution in [3.8, 4) is 0 Å². The Morgan fingerprint density at radius 2 is 2.16 bits per heavy atom. The lowest BCUT2D eigenvalue weighted by Crippen LogP contribution is -2.25. The Hall–Kier alpha value is -0.970. The monoisotopic (exact) mass is 304 g/mol. The summed E-state index contributed by atoms with van der Waals surface area (Å²) < 4.78 is 5.01. The molecule has 4 nitrogen and oxygen atoms in total. The largest absolute Gasteiger partial charge is 0.465 e. The molecule has 0 spiro atoms. The summed E-state index contributed by atoms with van der Waals surface area (Å²) >= 11 is 12.0. The maximum Gasteiger partial charge on any atom is 0.319 e. The molecule has 106 valence electrons. The fraction of sp³-hybridized carbons (Fsp3) is 0.462. The Morgan fingerprint density at radius 3 is 2.84 bits per heavy atom. The van der Waals surface area contributed by atoms with Crippen LogP contribution < -0.4 is 11.1 Å². The predicted molar refractivity (Wildman–Crippen MR) is 78.4 cm³/mol. The lowest BCUT2D eigenvalue weighted by Gasteiger charge is -2.10. The zero-order chi connectivity index (χ0) is 14.3. The maximum absolute atomic E-state index is 11.4. The summed E-state index contributed by atoms with van der Waals surface area (Å²) in [6.45, 7) is 2.98. The first-order valence-corrected chi connectivity index (χ1v) is 6.90. The standard InChI is InChI=1S/C13H18Cl2N2O2/c1-2-3-6-19-12(18)8-17-7-9-11(16)5-4-10(14)13(9)15/h4-5,17H,2-3,6-8,16H2,1H3. The van der Waals surface area contributed by atoms with Crippen LogP contribution in [0.25, 0.3) is 0 Å². The average Bonchev–Trinajstić information content (AvgIpc) is 2.38. The molecule has 0 atom stereocenters. The summed E-state index contributed by atoms with van der Waals surface area (Å²) in [4.78, 5) is 11.4. The van der Waals surface area contributed by atoms with Crippen LogP contribution in [-0.2, 0) is 16.1 Å². The van der Waals surface area contributed by atoms with Crippen LogP contribution in [0.1, 0.15) is 25.3 Å². The van der Waals surface area contributed by atoms with Gasteiger partial charge in [-0.15, -0.1) is 0 Å². The van der Waals surface area contributed by atoms with E-state index < -0.39 is 0 Å². The van der Waals surface area contributed by atoms with Crippen molar-refractivity contribution < 1.29 is 9.53 Å². The summed E-state index contributed by atoms with van der Waals surface area (Å²) in [5.74, 6) is -0.287. The SMILES string of the molecule is CCCCOC(=O)CNCc1c(N)ccc(Cl)c1Cl. The van der Waals surface area contributed by atoms with Gasteiger partial charge in [-0.2, -0.15) is 0 Å². The molecular formula is C13H18Cl2N2O2. The lowest BCUT2D eigenvalue weighted by atomic mass is 10.2. The number of benzene rings is 1. The van der Waals surface area contributed by atoms with Crippen molar-refractivity contribution in [2.45, 2.75) is 26.3 Å². The van der Waals surface area contributed by atoms with E-state index in [2.05, 4.69) is 5.32 Å². The molecule has 0 radical (unpaired) electrons. The molecule has 0 bridgehead atoms. The number of anilines is 1. The molecule has 0 aromatic heterocycles. The second-order valence-corrected chi connectivity index (χ2v) is 4.89. The molecule has 1 rings (SSSR count). The van der Waals surface area contributed by atoms with E-state index in [-0.39, 0.29) is 12.5 Å². The predicted octanol–water partition coefficient (Wildman–Crippen LogP) is 3.01. The van der Waals surface area contributed by atoms with E-state index in [1.807, 2.05) is 6.92 Å². The summed E-state index contributed by atoms with van der Waals surface area (Å²) in [5, 5.41) is 3.79. The number of ether oxygens (including phenoxy) is 1. The van der Waals surface area contributed by atoms with E-state index >= 15 is 0 Å². The molecule has 0 saturated carbocycles. The minimum absolute atomic E-state index is 0.117. The van der Waals surface area contributed by atoms with Crippen molar-refractivity contribution >= 4 is 34.9 Å². The molecule has 0 saturated heterocycles. The Kier molecular flexibility index (Phi) is 6.99. The van der Waals surface area contributed by atoms with Crippen LogP contribution in [0.4, 0.5) is 5.69 Å². The number of halogens is 2. The first kappa shape index (κ1) is 16.1. The average molecular weight is 305 g/mol. The van der Waals surface area contributed by atoms with Gasteiger partial charge >= 0.3 is 5.97 Å². The van der Waals surface area contributed by atoms with Gasteiger partial charge in [0.15, 0.2) is 0 Å². The molecule has 0 amide bonds. The molecule has 1 aromatic carbocycles. The normalized spacial score (nSPS) is 10.5. The molecule has 1 aromatic rings. The van der Waals surface area contributed by atoms with Crippen LogP contribution in [0.5, 0.6) is 0 Å². The molecule has 0 unspecified atom stereocenters. The van der Waals surface area contributed by atoms with E-state index in [0.717, 1.165) is 12.8 Å². The fourth-order valence-corrected chi connectivity index (χ4v) is 1.87. The Labute approximate surface area is 123 Å². The third kappa shape index (κ3) is 5.27. The van der Waals surface area contributed by atoms with Crippen LogP contribution >= 0.6 is 23.2 Å². The number of rotatable bonds is 7. The first-order chi connectivity index (χ1) is 9.06. The van der Waals surface area contributed by atoms with Gasteiger partial charge in [-0.1, -0.05) is 36.5 Å². The van der Waals surface area contributed by atoms with E-state index in [1.54, 1.807) is 12.1 Å². The molecule has 0 aliphatic rings. The van der Waals surface area contributed by atoms with Crippen LogP contribution in [0.3, 0.4) is 0 Å². The highest BCUT2D eigenvalue weighted by atomic mass is 35.5. The molecule has 19 heavy (non-hydrogen) atoms. The van der Waals surface area contributed by atoms with Gasteiger partial charge in [0, 0.05) is 17.8 Å². The molecule has 0 aliphatic carbocycles. The van der Waals surface area contributed by atoms with Gasteiger partial charge in [-0.3, -0.25) is 4.79 Å². The van der Waals surface area contributed by atoms with E-state index in [1.165, 1.54) is 0 Å². The van der Waals surface area contributed by atoms with Gasteiger partial charge in [-0.05, 0) is 18.6 Å². The minimum atomic E-state index is -0.287. The molecular weight excluding hydrogens is 287 g/mol. The van der Waals surface area contributed by atoms with Gasteiger partial charge in [0.25, 0.3) is 0 Å². The van der Waals surface area contributed by atoms with Crippen LogP contribution in [0, 0.1) is 0 Å². The van der Waals surface area contributed by atoms with Crippen LogP contribution in [-0.4, -0.2) is 19.1 Å². The van der Waals surface area contributed by atoms with Crippen molar-refractivity contribution in [3.63, 3.8) is 0 Å². The number of carbonyl (C=O) groups is 1. The molecule has 0 fully saturated rings. The number of nitrogens with two attached hydrogens (primary N) is 1. The number of unbranched alkanes of at least 4 members (excludes halogenated alkanes) is 1. The van der Waals surface area contributed by atoms with Gasteiger partial charge in [-0.25, -0.2) is 0 Å². The van der Waals surface area contributed by atoms with E-state index in [4.69, 9.17) is 33.7 Å². The highest BCUT2D eigenvalue weighted by molar-refractivity contribution is 6.42. The van der Waals surface area contributed by atoms with E-state index in [0.29, 0.717) is 34.4 Å². The smallest absolute Gasteiger partial charge is 0.319 e. The molecule has 3 N–H and O–H groups in total. The van der Waals surface area contributed by atoms with Crippen molar-refractivity contribution in [1.82, 2.24) is 5.32 Å². The molecule has 6 heteroatoms.